The molecule has 0 bridgehead atoms. The van der Waals surface area contributed by atoms with E-state index in [1.807, 2.05) is 13.8 Å². The van der Waals surface area contributed by atoms with Gasteiger partial charge in [-0.1, -0.05) is 19.1 Å². The molecular formula is C14H21N3OS. The molecule has 1 aliphatic heterocycles. The second-order valence-electron chi connectivity index (χ2n) is 4.94. The first-order valence-corrected chi connectivity index (χ1v) is 7.07. The van der Waals surface area contributed by atoms with Gasteiger partial charge in [-0.05, 0) is 26.3 Å². The molecule has 1 aromatic rings. The van der Waals surface area contributed by atoms with Crippen LogP contribution in [0.1, 0.15) is 30.3 Å². The third kappa shape index (κ3) is 2.87. The Morgan fingerprint density at radius 2 is 2.32 bits per heavy atom. The van der Waals surface area contributed by atoms with Gasteiger partial charge in [0, 0.05) is 17.9 Å². The number of hydrogen-bond acceptors (Lipinski definition) is 4. The Morgan fingerprint density at radius 3 is 2.95 bits per heavy atom. The molecule has 2 heterocycles. The molecule has 0 aliphatic carbocycles. The molecule has 2 rings (SSSR count). The Hall–Kier alpha value is -1.20. The van der Waals surface area contributed by atoms with Crippen LogP contribution in [0, 0.1) is 13.8 Å². The average Bonchev–Trinajstić information content (AvgIpc) is 2.37. The molecule has 1 atom stereocenters. The monoisotopic (exact) mass is 279 g/mol. The summed E-state index contributed by atoms with van der Waals surface area (Å²) in [5.41, 5.74) is 9.80. The van der Waals surface area contributed by atoms with Crippen LogP contribution in [0.4, 0.5) is 5.69 Å². The summed E-state index contributed by atoms with van der Waals surface area (Å²) in [5.74, 6) is 0. The van der Waals surface area contributed by atoms with Crippen molar-refractivity contribution < 1.29 is 4.74 Å². The summed E-state index contributed by atoms with van der Waals surface area (Å²) in [6.07, 6.45) is 1.04. The first kappa shape index (κ1) is 14.2. The highest BCUT2D eigenvalue weighted by molar-refractivity contribution is 7.80. The summed E-state index contributed by atoms with van der Waals surface area (Å²) in [5, 5.41) is 0. The van der Waals surface area contributed by atoms with Crippen LogP contribution in [-0.2, 0) is 4.74 Å². The highest BCUT2D eigenvalue weighted by atomic mass is 32.1. The number of aromatic nitrogens is 1. The van der Waals surface area contributed by atoms with Crippen molar-refractivity contribution in [2.45, 2.75) is 33.2 Å². The number of thiocarbonyl (C=S) groups is 1. The Balaban J connectivity index is 2.50. The highest BCUT2D eigenvalue weighted by Crippen LogP contribution is 2.28. The summed E-state index contributed by atoms with van der Waals surface area (Å²) in [7, 11) is 0. The number of aryl methyl sites for hydroxylation is 2. The van der Waals surface area contributed by atoms with Crippen LogP contribution in [0.3, 0.4) is 0 Å². The number of ether oxygens (including phenoxy) is 1. The number of anilines is 1. The van der Waals surface area contributed by atoms with Crippen molar-refractivity contribution in [3.05, 3.63) is 23.0 Å². The fraction of sp³-hybridized carbons (Fsp3) is 0.571. The quantitative estimate of drug-likeness (QED) is 0.857. The maximum atomic E-state index is 5.89. The van der Waals surface area contributed by atoms with Crippen LogP contribution in [0.2, 0.25) is 0 Å². The summed E-state index contributed by atoms with van der Waals surface area (Å²) < 4.78 is 5.56. The molecule has 104 valence electrons. The van der Waals surface area contributed by atoms with Gasteiger partial charge in [-0.3, -0.25) is 4.98 Å². The molecule has 1 saturated heterocycles. The maximum Gasteiger partial charge on any atom is 0.107 e. The van der Waals surface area contributed by atoms with Crippen molar-refractivity contribution in [2.24, 2.45) is 5.73 Å². The first-order valence-electron chi connectivity index (χ1n) is 6.67. The number of nitrogens with two attached hydrogens (primary N) is 1. The molecule has 19 heavy (non-hydrogen) atoms. The summed E-state index contributed by atoms with van der Waals surface area (Å²) >= 11 is 5.20. The van der Waals surface area contributed by atoms with E-state index < -0.39 is 0 Å². The van der Waals surface area contributed by atoms with Gasteiger partial charge in [-0.25, -0.2) is 0 Å². The van der Waals surface area contributed by atoms with Crippen LogP contribution in [0.25, 0.3) is 0 Å². The van der Waals surface area contributed by atoms with E-state index in [4.69, 9.17) is 22.7 Å². The van der Waals surface area contributed by atoms with Gasteiger partial charge in [0.2, 0.25) is 0 Å². The van der Waals surface area contributed by atoms with Crippen molar-refractivity contribution in [2.75, 3.05) is 24.7 Å². The van der Waals surface area contributed by atoms with E-state index in [1.165, 1.54) is 0 Å². The summed E-state index contributed by atoms with van der Waals surface area (Å²) in [6.45, 7) is 8.51. The SMILES string of the molecule is CCC1COCCN1c1cc(C)nc(C)c1C(N)=S. The van der Waals surface area contributed by atoms with Crippen LogP contribution < -0.4 is 10.6 Å². The lowest BCUT2D eigenvalue weighted by atomic mass is 10.1. The van der Waals surface area contributed by atoms with Gasteiger partial charge in [0.05, 0.1) is 30.5 Å². The van der Waals surface area contributed by atoms with Crippen LogP contribution in [0.5, 0.6) is 0 Å². The van der Waals surface area contributed by atoms with E-state index in [2.05, 4.69) is 22.9 Å². The molecule has 4 nitrogen and oxygen atoms in total. The lowest BCUT2D eigenvalue weighted by Crippen LogP contribution is -2.46. The average molecular weight is 279 g/mol. The van der Waals surface area contributed by atoms with Crippen molar-refractivity contribution in [3.63, 3.8) is 0 Å². The van der Waals surface area contributed by atoms with E-state index in [0.717, 1.165) is 48.8 Å². The minimum atomic E-state index is 0.378. The molecule has 0 saturated carbocycles. The van der Waals surface area contributed by atoms with E-state index >= 15 is 0 Å². The topological polar surface area (TPSA) is 51.4 Å². The van der Waals surface area contributed by atoms with Gasteiger partial charge >= 0.3 is 0 Å². The smallest absolute Gasteiger partial charge is 0.107 e. The van der Waals surface area contributed by atoms with Gasteiger partial charge in [-0.15, -0.1) is 0 Å². The van der Waals surface area contributed by atoms with Crippen molar-refractivity contribution in [1.29, 1.82) is 0 Å². The first-order chi connectivity index (χ1) is 9.04. The minimum Gasteiger partial charge on any atom is -0.389 e. The van der Waals surface area contributed by atoms with Gasteiger partial charge < -0.3 is 15.4 Å². The van der Waals surface area contributed by atoms with Crippen molar-refractivity contribution >= 4 is 22.9 Å². The standard InChI is InChI=1S/C14H21N3OS/c1-4-11-8-18-6-5-17(11)12-7-9(2)16-10(3)13(12)14(15)19/h7,11H,4-6,8H2,1-3H3,(H2,15,19). The summed E-state index contributed by atoms with van der Waals surface area (Å²) in [4.78, 5) is 7.25. The molecule has 1 fully saturated rings. The predicted molar refractivity (Wildman–Crippen MR) is 81.8 cm³/mol. The third-order valence-electron chi connectivity index (χ3n) is 3.56. The number of pyridine rings is 1. The summed E-state index contributed by atoms with van der Waals surface area (Å²) in [6, 6.07) is 2.46. The number of nitrogens with zero attached hydrogens (tertiary/aromatic N) is 2. The molecule has 1 aliphatic rings. The predicted octanol–water partition coefficient (Wildman–Crippen LogP) is 1.95. The molecule has 0 aromatic carbocycles. The van der Waals surface area contributed by atoms with Crippen molar-refractivity contribution in [1.82, 2.24) is 4.98 Å². The number of hydrogen-bond donors (Lipinski definition) is 1. The molecule has 0 spiro atoms. The largest absolute Gasteiger partial charge is 0.389 e. The second-order valence-corrected chi connectivity index (χ2v) is 5.38. The number of rotatable bonds is 3. The fourth-order valence-electron chi connectivity index (χ4n) is 2.65. The lowest BCUT2D eigenvalue weighted by molar-refractivity contribution is 0.0929. The zero-order valence-corrected chi connectivity index (χ0v) is 12.6. The van der Waals surface area contributed by atoms with E-state index in [-0.39, 0.29) is 0 Å². The Kier molecular flexibility index (Phi) is 4.37. The van der Waals surface area contributed by atoms with E-state index in [1.54, 1.807) is 0 Å². The highest BCUT2D eigenvalue weighted by Gasteiger charge is 2.25. The third-order valence-corrected chi connectivity index (χ3v) is 3.77. The second kappa shape index (κ2) is 5.84. The van der Waals surface area contributed by atoms with Crippen LogP contribution >= 0.6 is 12.2 Å². The molecule has 1 unspecified atom stereocenters. The molecule has 2 N–H and O–H groups in total. The van der Waals surface area contributed by atoms with E-state index in [0.29, 0.717) is 11.0 Å². The normalized spacial score (nSPS) is 19.5. The van der Waals surface area contributed by atoms with Crippen molar-refractivity contribution in [3.8, 4) is 0 Å². The van der Waals surface area contributed by atoms with Crippen LogP contribution in [0.15, 0.2) is 6.07 Å². The number of morpholine rings is 1. The maximum absolute atomic E-state index is 5.89. The van der Waals surface area contributed by atoms with Crippen LogP contribution in [-0.4, -0.2) is 35.8 Å². The van der Waals surface area contributed by atoms with Gasteiger partial charge in [0.1, 0.15) is 4.99 Å². The Bertz CT molecular complexity index is 490. The zero-order chi connectivity index (χ0) is 14.0. The molecule has 5 heteroatoms. The Morgan fingerprint density at radius 1 is 1.58 bits per heavy atom. The Labute approximate surface area is 120 Å². The molecule has 1 aromatic heterocycles. The van der Waals surface area contributed by atoms with E-state index in [9.17, 15) is 0 Å². The molecule has 0 amide bonds. The minimum absolute atomic E-state index is 0.378. The van der Waals surface area contributed by atoms with Gasteiger partial charge in [0.25, 0.3) is 0 Å². The van der Waals surface area contributed by atoms with Gasteiger partial charge in [0.15, 0.2) is 0 Å². The lowest BCUT2D eigenvalue weighted by Gasteiger charge is -2.38. The molecular weight excluding hydrogens is 258 g/mol. The van der Waals surface area contributed by atoms with Gasteiger partial charge in [-0.2, -0.15) is 0 Å². The fourth-order valence-corrected chi connectivity index (χ4v) is 2.90. The zero-order valence-electron chi connectivity index (χ0n) is 11.8. The molecule has 0 radical (unpaired) electrons.